The van der Waals surface area contributed by atoms with Crippen molar-refractivity contribution >= 4 is 0 Å². The van der Waals surface area contributed by atoms with E-state index in [1.54, 1.807) is 25.1 Å². The topological polar surface area (TPSA) is 12.0 Å². The Morgan fingerprint density at radius 3 is 2.40 bits per heavy atom. The molecule has 3 heteroatoms. The van der Waals surface area contributed by atoms with Crippen LogP contribution in [-0.4, -0.2) is 6.04 Å². The molecule has 2 aromatic rings. The van der Waals surface area contributed by atoms with Crippen molar-refractivity contribution in [1.29, 1.82) is 0 Å². The summed E-state index contributed by atoms with van der Waals surface area (Å²) in [5, 5.41) is 3.24. The average molecular weight is 275 g/mol. The van der Waals surface area contributed by atoms with Crippen molar-refractivity contribution in [2.45, 2.75) is 33.4 Å². The third kappa shape index (κ3) is 3.23. The molecular weight excluding hydrogens is 256 g/mol. The molecule has 0 heterocycles. The van der Waals surface area contributed by atoms with Crippen molar-refractivity contribution in [3.05, 3.63) is 59.2 Å². The van der Waals surface area contributed by atoms with E-state index in [-0.39, 0.29) is 11.6 Å². The summed E-state index contributed by atoms with van der Waals surface area (Å²) in [7, 11) is 0. The van der Waals surface area contributed by atoms with Gasteiger partial charge >= 0.3 is 0 Å². The maximum atomic E-state index is 14.2. The molecular formula is C17H19F2N. The Bertz CT molecular complexity index is 606. The third-order valence-electron chi connectivity index (χ3n) is 3.31. The van der Waals surface area contributed by atoms with E-state index in [9.17, 15) is 8.78 Å². The minimum atomic E-state index is -0.318. The molecule has 0 aromatic heterocycles. The zero-order valence-corrected chi connectivity index (χ0v) is 12.0. The Kier molecular flexibility index (Phi) is 4.50. The van der Waals surface area contributed by atoms with E-state index >= 15 is 0 Å². The van der Waals surface area contributed by atoms with Gasteiger partial charge in [0.05, 0.1) is 0 Å². The first-order chi connectivity index (χ1) is 9.49. The van der Waals surface area contributed by atoms with Gasteiger partial charge in [0.2, 0.25) is 0 Å². The van der Waals surface area contributed by atoms with E-state index in [1.807, 2.05) is 19.9 Å². The lowest BCUT2D eigenvalue weighted by Gasteiger charge is -2.11. The molecule has 0 radical (unpaired) electrons. The second-order valence-corrected chi connectivity index (χ2v) is 5.26. The molecule has 0 atom stereocenters. The van der Waals surface area contributed by atoms with Crippen LogP contribution in [0.15, 0.2) is 36.4 Å². The molecule has 0 bridgehead atoms. The summed E-state index contributed by atoms with van der Waals surface area (Å²) >= 11 is 0. The summed E-state index contributed by atoms with van der Waals surface area (Å²) in [5.41, 5.74) is 2.40. The number of benzene rings is 2. The van der Waals surface area contributed by atoms with Gasteiger partial charge in [-0.3, -0.25) is 0 Å². The highest BCUT2D eigenvalue weighted by Crippen LogP contribution is 2.28. The van der Waals surface area contributed by atoms with E-state index in [0.717, 1.165) is 5.56 Å². The molecule has 20 heavy (non-hydrogen) atoms. The average Bonchev–Trinajstić information content (AvgIpc) is 2.40. The third-order valence-corrected chi connectivity index (χ3v) is 3.31. The number of rotatable bonds is 4. The van der Waals surface area contributed by atoms with Crippen LogP contribution in [0.5, 0.6) is 0 Å². The molecule has 2 rings (SSSR count). The largest absolute Gasteiger partial charge is 0.310 e. The second-order valence-electron chi connectivity index (χ2n) is 5.26. The van der Waals surface area contributed by atoms with Gasteiger partial charge in [-0.25, -0.2) is 8.78 Å². The van der Waals surface area contributed by atoms with Gasteiger partial charge in [0.15, 0.2) is 0 Å². The first-order valence-electron chi connectivity index (χ1n) is 6.76. The molecule has 0 unspecified atom stereocenters. The molecule has 1 nitrogen and oxygen atoms in total. The van der Waals surface area contributed by atoms with Crippen LogP contribution < -0.4 is 5.32 Å². The summed E-state index contributed by atoms with van der Waals surface area (Å²) in [6.45, 7) is 6.37. The first-order valence-corrected chi connectivity index (χ1v) is 6.76. The van der Waals surface area contributed by atoms with Crippen LogP contribution in [0.3, 0.4) is 0 Å². The monoisotopic (exact) mass is 275 g/mol. The van der Waals surface area contributed by atoms with E-state index < -0.39 is 0 Å². The summed E-state index contributed by atoms with van der Waals surface area (Å²) in [4.78, 5) is 0. The highest BCUT2D eigenvalue weighted by Gasteiger charge is 2.11. The van der Waals surface area contributed by atoms with Crippen LogP contribution >= 0.6 is 0 Å². The van der Waals surface area contributed by atoms with Crippen molar-refractivity contribution in [3.8, 4) is 11.1 Å². The van der Waals surface area contributed by atoms with Gasteiger partial charge in [-0.05, 0) is 35.7 Å². The summed E-state index contributed by atoms with van der Waals surface area (Å²) in [6.07, 6.45) is 0. The lowest BCUT2D eigenvalue weighted by Crippen LogP contribution is -2.21. The quantitative estimate of drug-likeness (QED) is 0.870. The van der Waals surface area contributed by atoms with Gasteiger partial charge in [-0.2, -0.15) is 0 Å². The van der Waals surface area contributed by atoms with Gasteiger partial charge in [-0.15, -0.1) is 0 Å². The lowest BCUT2D eigenvalue weighted by atomic mass is 9.98. The number of hydrogen-bond acceptors (Lipinski definition) is 1. The molecule has 0 saturated carbocycles. The summed E-state index contributed by atoms with van der Waals surface area (Å²) in [5.74, 6) is -0.630. The fourth-order valence-corrected chi connectivity index (χ4v) is 2.11. The molecule has 0 amide bonds. The Labute approximate surface area is 118 Å². The van der Waals surface area contributed by atoms with Crippen LogP contribution in [0.25, 0.3) is 11.1 Å². The van der Waals surface area contributed by atoms with Crippen LogP contribution in [0.2, 0.25) is 0 Å². The van der Waals surface area contributed by atoms with E-state index in [4.69, 9.17) is 0 Å². The Morgan fingerprint density at radius 2 is 1.75 bits per heavy atom. The molecule has 0 aliphatic rings. The molecule has 2 aromatic carbocycles. The molecule has 0 aliphatic carbocycles. The van der Waals surface area contributed by atoms with Crippen molar-refractivity contribution < 1.29 is 8.78 Å². The van der Waals surface area contributed by atoms with Crippen LogP contribution in [0.4, 0.5) is 8.78 Å². The van der Waals surface area contributed by atoms with Gasteiger partial charge in [-0.1, -0.05) is 38.1 Å². The highest BCUT2D eigenvalue weighted by atomic mass is 19.1. The minimum absolute atomic E-state index is 0.313. The fraction of sp³-hybridized carbons (Fsp3) is 0.294. The van der Waals surface area contributed by atoms with Crippen molar-refractivity contribution in [3.63, 3.8) is 0 Å². The molecule has 0 aliphatic heterocycles. The van der Waals surface area contributed by atoms with Gasteiger partial charge < -0.3 is 5.32 Å². The number of nitrogens with one attached hydrogen (secondary N) is 1. The normalized spacial score (nSPS) is 11.1. The minimum Gasteiger partial charge on any atom is -0.310 e. The number of halogens is 2. The molecule has 0 spiro atoms. The maximum absolute atomic E-state index is 14.2. The summed E-state index contributed by atoms with van der Waals surface area (Å²) in [6, 6.07) is 10.2. The predicted octanol–water partition coefficient (Wildman–Crippen LogP) is 4.44. The molecule has 0 fully saturated rings. The lowest BCUT2D eigenvalue weighted by molar-refractivity contribution is 0.582. The van der Waals surface area contributed by atoms with Crippen LogP contribution in [0.1, 0.15) is 25.0 Å². The van der Waals surface area contributed by atoms with E-state index in [1.165, 1.54) is 12.1 Å². The van der Waals surface area contributed by atoms with Gasteiger partial charge in [0.1, 0.15) is 11.6 Å². The predicted molar refractivity (Wildman–Crippen MR) is 78.5 cm³/mol. The summed E-state index contributed by atoms with van der Waals surface area (Å²) < 4.78 is 27.8. The maximum Gasteiger partial charge on any atom is 0.131 e. The Balaban J connectivity index is 2.32. The van der Waals surface area contributed by atoms with Gasteiger partial charge in [0, 0.05) is 18.2 Å². The number of hydrogen-bond donors (Lipinski definition) is 1. The zero-order chi connectivity index (χ0) is 14.7. The van der Waals surface area contributed by atoms with E-state index in [0.29, 0.717) is 29.3 Å². The van der Waals surface area contributed by atoms with Crippen molar-refractivity contribution in [2.24, 2.45) is 0 Å². The van der Waals surface area contributed by atoms with Crippen LogP contribution in [-0.2, 0) is 6.54 Å². The molecule has 0 saturated heterocycles. The molecule has 106 valence electrons. The zero-order valence-electron chi connectivity index (χ0n) is 12.0. The Morgan fingerprint density at radius 1 is 1.00 bits per heavy atom. The highest BCUT2D eigenvalue weighted by molar-refractivity contribution is 5.68. The van der Waals surface area contributed by atoms with Crippen LogP contribution in [0, 0.1) is 18.6 Å². The van der Waals surface area contributed by atoms with Crippen molar-refractivity contribution in [1.82, 2.24) is 5.32 Å². The Hall–Kier alpha value is -1.74. The second kappa shape index (κ2) is 6.14. The van der Waals surface area contributed by atoms with Crippen molar-refractivity contribution in [2.75, 3.05) is 0 Å². The smallest absolute Gasteiger partial charge is 0.131 e. The fourth-order valence-electron chi connectivity index (χ4n) is 2.11. The van der Waals surface area contributed by atoms with Gasteiger partial charge in [0.25, 0.3) is 0 Å². The molecule has 1 N–H and O–H groups in total. The first kappa shape index (κ1) is 14.7. The van der Waals surface area contributed by atoms with E-state index in [2.05, 4.69) is 5.32 Å². The standard InChI is InChI=1S/C17H19F2N/c1-11(2)20-10-13-7-8-15(17(19)9-13)14-5-4-6-16(18)12(14)3/h4-9,11,20H,10H2,1-3H3. The SMILES string of the molecule is Cc1c(F)cccc1-c1ccc(CNC(C)C)cc1F.